The average molecular weight is 355 g/mol. The lowest BCUT2D eigenvalue weighted by atomic mass is 10.1. The van der Waals surface area contributed by atoms with Gasteiger partial charge in [-0.3, -0.25) is 4.79 Å². The van der Waals surface area contributed by atoms with Gasteiger partial charge < -0.3 is 10.1 Å². The third-order valence-electron chi connectivity index (χ3n) is 3.66. The van der Waals surface area contributed by atoms with Gasteiger partial charge in [0.25, 0.3) is 5.91 Å². The normalized spacial score (nSPS) is 11.8. The summed E-state index contributed by atoms with van der Waals surface area (Å²) in [5, 5.41) is 4.91. The summed E-state index contributed by atoms with van der Waals surface area (Å²) in [7, 11) is 0. The molecule has 6 heteroatoms. The van der Waals surface area contributed by atoms with Gasteiger partial charge in [0.15, 0.2) is 6.10 Å². The van der Waals surface area contributed by atoms with Gasteiger partial charge >= 0.3 is 5.97 Å². The van der Waals surface area contributed by atoms with Crippen molar-refractivity contribution < 1.29 is 14.3 Å². The Labute approximate surface area is 149 Å². The fourth-order valence-electron chi connectivity index (χ4n) is 2.38. The number of hydrogen-bond donors (Lipinski definition) is 1. The molecular formula is C19H15ClN2O3. The topological polar surface area (TPSA) is 68.3 Å². The number of aromatic nitrogens is 1. The maximum atomic E-state index is 12.4. The van der Waals surface area contributed by atoms with Crippen LogP contribution in [0.25, 0.3) is 10.8 Å². The van der Waals surface area contributed by atoms with Crippen molar-refractivity contribution in [1.82, 2.24) is 4.98 Å². The number of nitrogens with zero attached hydrogens (tertiary/aromatic N) is 1. The molecule has 0 aliphatic rings. The number of benzene rings is 2. The molecule has 0 saturated heterocycles. The molecule has 2 aromatic carbocycles. The van der Waals surface area contributed by atoms with Gasteiger partial charge in [-0.2, -0.15) is 0 Å². The number of carbonyl (C=O) groups is 2. The molecule has 1 amide bonds. The Kier molecular flexibility index (Phi) is 4.95. The summed E-state index contributed by atoms with van der Waals surface area (Å²) < 4.78 is 5.20. The standard InChI is InChI=1S/C19H15ClN2O3/c1-12(25-19(24)14-9-10-21-17(20)11-14)18(23)22-16-8-4-6-13-5-2-3-7-15(13)16/h2-12H,1H3,(H,22,23). The first-order valence-electron chi connectivity index (χ1n) is 7.66. The van der Waals surface area contributed by atoms with Crippen LogP contribution in [0.1, 0.15) is 17.3 Å². The van der Waals surface area contributed by atoms with Crippen molar-refractivity contribution >= 4 is 39.9 Å². The number of nitrogens with one attached hydrogen (secondary N) is 1. The van der Waals surface area contributed by atoms with Crippen LogP contribution in [0.3, 0.4) is 0 Å². The van der Waals surface area contributed by atoms with Crippen LogP contribution in [-0.4, -0.2) is 23.0 Å². The van der Waals surface area contributed by atoms with Gasteiger partial charge in [0, 0.05) is 17.3 Å². The lowest BCUT2D eigenvalue weighted by molar-refractivity contribution is -0.123. The fourth-order valence-corrected chi connectivity index (χ4v) is 2.55. The molecule has 0 aliphatic carbocycles. The van der Waals surface area contributed by atoms with Crippen molar-refractivity contribution in [2.75, 3.05) is 5.32 Å². The van der Waals surface area contributed by atoms with E-state index in [1.807, 2.05) is 36.4 Å². The molecule has 3 rings (SSSR count). The van der Waals surface area contributed by atoms with Crippen molar-refractivity contribution in [3.8, 4) is 0 Å². The summed E-state index contributed by atoms with van der Waals surface area (Å²) in [5.74, 6) is -1.05. The summed E-state index contributed by atoms with van der Waals surface area (Å²) in [5.41, 5.74) is 0.905. The Bertz CT molecular complexity index is 937. The molecule has 126 valence electrons. The molecule has 1 heterocycles. The van der Waals surface area contributed by atoms with Crippen molar-refractivity contribution in [3.05, 3.63) is 71.5 Å². The van der Waals surface area contributed by atoms with Gasteiger partial charge in [-0.05, 0) is 30.5 Å². The zero-order chi connectivity index (χ0) is 17.8. The number of fused-ring (bicyclic) bond motifs is 1. The van der Waals surface area contributed by atoms with Crippen molar-refractivity contribution in [1.29, 1.82) is 0 Å². The molecular weight excluding hydrogens is 340 g/mol. The van der Waals surface area contributed by atoms with Crippen LogP contribution < -0.4 is 5.32 Å². The number of hydrogen-bond acceptors (Lipinski definition) is 4. The third-order valence-corrected chi connectivity index (χ3v) is 3.87. The van der Waals surface area contributed by atoms with Gasteiger partial charge in [-0.15, -0.1) is 0 Å². The smallest absolute Gasteiger partial charge is 0.339 e. The highest BCUT2D eigenvalue weighted by Gasteiger charge is 2.20. The Morgan fingerprint density at radius 1 is 1.12 bits per heavy atom. The Balaban J connectivity index is 1.71. The highest BCUT2D eigenvalue weighted by Crippen LogP contribution is 2.23. The second-order valence-corrected chi connectivity index (χ2v) is 5.82. The third kappa shape index (κ3) is 3.95. The van der Waals surface area contributed by atoms with E-state index < -0.39 is 18.0 Å². The van der Waals surface area contributed by atoms with Crippen LogP contribution in [0.4, 0.5) is 5.69 Å². The van der Waals surface area contributed by atoms with Gasteiger partial charge in [-0.1, -0.05) is 48.0 Å². The first kappa shape index (κ1) is 16.9. The number of ether oxygens (including phenoxy) is 1. The Hall–Kier alpha value is -2.92. The molecule has 1 aromatic heterocycles. The van der Waals surface area contributed by atoms with Gasteiger partial charge in [0.2, 0.25) is 0 Å². The Morgan fingerprint density at radius 3 is 2.68 bits per heavy atom. The first-order chi connectivity index (χ1) is 12.0. The lowest BCUT2D eigenvalue weighted by Gasteiger charge is -2.14. The van der Waals surface area contributed by atoms with Crippen molar-refractivity contribution in [2.24, 2.45) is 0 Å². The van der Waals surface area contributed by atoms with E-state index in [4.69, 9.17) is 16.3 Å². The number of carbonyl (C=O) groups excluding carboxylic acids is 2. The van der Waals surface area contributed by atoms with E-state index in [0.29, 0.717) is 5.69 Å². The predicted octanol–water partition coefficient (Wildman–Crippen LogP) is 4.07. The van der Waals surface area contributed by atoms with Crippen LogP contribution in [0.15, 0.2) is 60.8 Å². The summed E-state index contributed by atoms with van der Waals surface area (Å²) in [6.45, 7) is 1.52. The summed E-state index contributed by atoms with van der Waals surface area (Å²) >= 11 is 5.75. The number of amides is 1. The summed E-state index contributed by atoms with van der Waals surface area (Å²) in [6, 6.07) is 16.2. The van der Waals surface area contributed by atoms with E-state index in [9.17, 15) is 9.59 Å². The lowest BCUT2D eigenvalue weighted by Crippen LogP contribution is -2.30. The van der Waals surface area contributed by atoms with E-state index in [1.54, 1.807) is 6.07 Å². The van der Waals surface area contributed by atoms with Crippen LogP contribution in [-0.2, 0) is 9.53 Å². The Morgan fingerprint density at radius 2 is 1.88 bits per heavy atom. The van der Waals surface area contributed by atoms with E-state index >= 15 is 0 Å². The highest BCUT2D eigenvalue weighted by atomic mass is 35.5. The van der Waals surface area contributed by atoms with Gasteiger partial charge in [0.05, 0.1) is 5.56 Å². The SMILES string of the molecule is CC(OC(=O)c1ccnc(Cl)c1)C(=O)Nc1cccc2ccccc12. The number of rotatable bonds is 4. The van der Waals surface area contributed by atoms with Crippen LogP contribution >= 0.6 is 11.6 Å². The largest absolute Gasteiger partial charge is 0.449 e. The van der Waals surface area contributed by atoms with E-state index in [1.165, 1.54) is 25.3 Å². The number of pyridine rings is 1. The minimum Gasteiger partial charge on any atom is -0.449 e. The summed E-state index contributed by atoms with van der Waals surface area (Å²) in [4.78, 5) is 28.3. The zero-order valence-electron chi connectivity index (χ0n) is 13.4. The number of anilines is 1. The molecule has 0 aliphatic heterocycles. The molecule has 25 heavy (non-hydrogen) atoms. The highest BCUT2D eigenvalue weighted by molar-refractivity contribution is 6.29. The van der Waals surface area contributed by atoms with Crippen LogP contribution in [0, 0.1) is 0 Å². The molecule has 0 spiro atoms. The molecule has 0 radical (unpaired) electrons. The number of halogens is 1. The van der Waals surface area contributed by atoms with E-state index in [-0.39, 0.29) is 10.7 Å². The number of esters is 1. The van der Waals surface area contributed by atoms with Crippen molar-refractivity contribution in [2.45, 2.75) is 13.0 Å². The molecule has 0 fully saturated rings. The minimum absolute atomic E-state index is 0.183. The second kappa shape index (κ2) is 7.32. The van der Waals surface area contributed by atoms with Gasteiger partial charge in [-0.25, -0.2) is 9.78 Å². The molecule has 0 saturated carbocycles. The molecule has 3 aromatic rings. The molecule has 1 atom stereocenters. The summed E-state index contributed by atoms with van der Waals surface area (Å²) in [6.07, 6.45) is 0.443. The van der Waals surface area contributed by atoms with E-state index in [0.717, 1.165) is 10.8 Å². The zero-order valence-corrected chi connectivity index (χ0v) is 14.2. The van der Waals surface area contributed by atoms with E-state index in [2.05, 4.69) is 10.3 Å². The first-order valence-corrected chi connectivity index (χ1v) is 8.03. The molecule has 5 nitrogen and oxygen atoms in total. The van der Waals surface area contributed by atoms with Crippen LogP contribution in [0.2, 0.25) is 5.15 Å². The molecule has 1 N–H and O–H groups in total. The van der Waals surface area contributed by atoms with Gasteiger partial charge in [0.1, 0.15) is 5.15 Å². The monoisotopic (exact) mass is 354 g/mol. The quantitative estimate of drug-likeness (QED) is 0.566. The fraction of sp³-hybridized carbons (Fsp3) is 0.105. The predicted molar refractivity (Wildman–Crippen MR) is 96.7 cm³/mol. The van der Waals surface area contributed by atoms with Crippen molar-refractivity contribution in [3.63, 3.8) is 0 Å². The molecule has 0 bridgehead atoms. The van der Waals surface area contributed by atoms with Crippen LogP contribution in [0.5, 0.6) is 0 Å². The molecule has 1 unspecified atom stereocenters. The second-order valence-electron chi connectivity index (χ2n) is 5.43. The average Bonchev–Trinajstić information content (AvgIpc) is 2.62. The maximum absolute atomic E-state index is 12.4. The minimum atomic E-state index is -0.960. The maximum Gasteiger partial charge on any atom is 0.339 e.